The Hall–Kier alpha value is -2.88. The number of fused-ring (bicyclic) bond motifs is 1. The summed E-state index contributed by atoms with van der Waals surface area (Å²) in [6.07, 6.45) is 1.11. The molecular formula is C21H25N3O6S. The number of benzene rings is 1. The summed E-state index contributed by atoms with van der Waals surface area (Å²) in [5.74, 6) is -2.63. The predicted octanol–water partition coefficient (Wildman–Crippen LogP) is 0.975. The van der Waals surface area contributed by atoms with E-state index in [-0.39, 0.29) is 36.8 Å². The highest BCUT2D eigenvalue weighted by Gasteiger charge is 2.45. The van der Waals surface area contributed by atoms with Crippen molar-refractivity contribution in [2.24, 2.45) is 0 Å². The van der Waals surface area contributed by atoms with Gasteiger partial charge in [-0.1, -0.05) is 42.1 Å². The molecule has 0 saturated carbocycles. The third-order valence-electron chi connectivity index (χ3n) is 5.33. The van der Waals surface area contributed by atoms with E-state index < -0.39 is 35.1 Å². The summed E-state index contributed by atoms with van der Waals surface area (Å²) in [4.78, 5) is 62.0. The molecule has 2 aliphatic rings. The molecule has 2 aliphatic heterocycles. The van der Waals surface area contributed by atoms with Gasteiger partial charge in [-0.2, -0.15) is 0 Å². The van der Waals surface area contributed by atoms with E-state index in [9.17, 15) is 29.1 Å². The van der Waals surface area contributed by atoms with Gasteiger partial charge in [0.05, 0.1) is 5.25 Å². The first kappa shape index (κ1) is 22.8. The molecular weight excluding hydrogens is 422 g/mol. The number of nitrogens with one attached hydrogen (secondary N) is 1. The van der Waals surface area contributed by atoms with Crippen LogP contribution < -0.4 is 5.32 Å². The first-order chi connectivity index (χ1) is 14.8. The van der Waals surface area contributed by atoms with Crippen molar-refractivity contribution in [2.45, 2.75) is 56.4 Å². The van der Waals surface area contributed by atoms with Crippen LogP contribution >= 0.6 is 11.8 Å². The summed E-state index contributed by atoms with van der Waals surface area (Å²) in [5, 5.41) is 13.4. The number of thioether (sulfide) groups is 1. The first-order valence-corrected chi connectivity index (χ1v) is 11.0. The number of amides is 3. The number of hydrogen-bond acceptors (Lipinski definition) is 6. The van der Waals surface area contributed by atoms with Gasteiger partial charge in [0.2, 0.25) is 11.8 Å². The zero-order valence-corrected chi connectivity index (χ0v) is 18.0. The van der Waals surface area contributed by atoms with Crippen molar-refractivity contribution in [3.63, 3.8) is 0 Å². The van der Waals surface area contributed by atoms with Crippen LogP contribution in [0, 0.1) is 0 Å². The molecule has 0 aliphatic carbocycles. The number of carboxylic acid groups (broad SMARTS) is 1. The minimum atomic E-state index is -1.19. The molecule has 31 heavy (non-hydrogen) atoms. The van der Waals surface area contributed by atoms with Crippen molar-refractivity contribution in [2.75, 3.05) is 6.54 Å². The Bertz CT molecular complexity index is 877. The second-order valence-corrected chi connectivity index (χ2v) is 8.96. The highest BCUT2D eigenvalue weighted by atomic mass is 32.2. The van der Waals surface area contributed by atoms with Crippen molar-refractivity contribution >= 4 is 40.6 Å². The van der Waals surface area contributed by atoms with Gasteiger partial charge < -0.3 is 10.4 Å². The highest BCUT2D eigenvalue weighted by molar-refractivity contribution is 8.14. The standard InChI is InChI=1S/C21H25N3O6S/c1-13(25)31-17(12-14-6-3-2-4-7-14)19(27)22-15-9-10-18(26)23-11-5-8-16(21(29)30)24(23)20(15)28/h2-4,6-7,15-17H,5,8-12H2,1H3,(H,22,27)(H,29,30)/t15?,16-,17+/m0/s1. The predicted molar refractivity (Wildman–Crippen MR) is 113 cm³/mol. The molecule has 1 aromatic carbocycles. The molecule has 0 spiro atoms. The summed E-state index contributed by atoms with van der Waals surface area (Å²) in [6, 6.07) is 7.03. The van der Waals surface area contributed by atoms with Gasteiger partial charge in [-0.25, -0.2) is 9.80 Å². The minimum Gasteiger partial charge on any atom is -0.480 e. The molecule has 2 heterocycles. The molecule has 3 atom stereocenters. The largest absolute Gasteiger partial charge is 0.480 e. The van der Waals surface area contributed by atoms with Crippen LogP contribution in [0.5, 0.6) is 0 Å². The van der Waals surface area contributed by atoms with E-state index in [2.05, 4.69) is 5.32 Å². The Kier molecular flexibility index (Phi) is 7.32. The smallest absolute Gasteiger partial charge is 0.328 e. The molecule has 166 valence electrons. The lowest BCUT2D eigenvalue weighted by Gasteiger charge is -2.41. The van der Waals surface area contributed by atoms with Gasteiger partial charge in [0.15, 0.2) is 11.2 Å². The van der Waals surface area contributed by atoms with E-state index in [1.54, 1.807) is 0 Å². The fourth-order valence-electron chi connectivity index (χ4n) is 3.87. The Balaban J connectivity index is 1.79. The molecule has 1 aromatic rings. The van der Waals surface area contributed by atoms with E-state index in [1.165, 1.54) is 11.9 Å². The molecule has 1 unspecified atom stereocenters. The summed E-state index contributed by atoms with van der Waals surface area (Å²) in [5.41, 5.74) is 0.868. The molecule has 2 N–H and O–H groups in total. The lowest BCUT2D eigenvalue weighted by atomic mass is 10.1. The maximum Gasteiger partial charge on any atom is 0.328 e. The minimum absolute atomic E-state index is 0.0166. The van der Waals surface area contributed by atoms with E-state index in [0.717, 1.165) is 22.3 Å². The average Bonchev–Trinajstić information content (AvgIpc) is 2.85. The topological polar surface area (TPSA) is 124 Å². The lowest BCUT2D eigenvalue weighted by molar-refractivity contribution is -0.180. The van der Waals surface area contributed by atoms with Crippen LogP contribution in [0.3, 0.4) is 0 Å². The second-order valence-electron chi connectivity index (χ2n) is 7.58. The number of nitrogens with zero attached hydrogens (tertiary/aromatic N) is 2. The highest BCUT2D eigenvalue weighted by Crippen LogP contribution is 2.25. The van der Waals surface area contributed by atoms with E-state index in [1.807, 2.05) is 30.3 Å². The SMILES string of the molecule is CC(=O)S[C@H](Cc1ccccc1)C(=O)NC1CCC(=O)N2CCC[C@@H](C(=O)O)N2C1=O. The van der Waals surface area contributed by atoms with Crippen LogP contribution in [0.15, 0.2) is 30.3 Å². The van der Waals surface area contributed by atoms with Gasteiger partial charge in [0, 0.05) is 19.9 Å². The Morgan fingerprint density at radius 2 is 1.90 bits per heavy atom. The summed E-state index contributed by atoms with van der Waals surface area (Å²) in [7, 11) is 0. The lowest BCUT2D eigenvalue weighted by Crippen LogP contribution is -2.62. The number of carboxylic acids is 1. The maximum atomic E-state index is 13.2. The van der Waals surface area contributed by atoms with Crippen LogP contribution in [0.2, 0.25) is 0 Å². The van der Waals surface area contributed by atoms with Crippen molar-refractivity contribution in [1.29, 1.82) is 0 Å². The Morgan fingerprint density at radius 1 is 1.19 bits per heavy atom. The molecule has 2 fully saturated rings. The number of aliphatic carboxylic acids is 1. The quantitative estimate of drug-likeness (QED) is 0.666. The Labute approximate surface area is 184 Å². The number of carbonyl (C=O) groups excluding carboxylic acids is 4. The van der Waals surface area contributed by atoms with Crippen LogP contribution in [0.25, 0.3) is 0 Å². The van der Waals surface area contributed by atoms with Crippen molar-refractivity contribution in [3.05, 3.63) is 35.9 Å². The van der Waals surface area contributed by atoms with Crippen molar-refractivity contribution in [3.8, 4) is 0 Å². The fraction of sp³-hybridized carbons (Fsp3) is 0.476. The van der Waals surface area contributed by atoms with E-state index in [0.29, 0.717) is 12.8 Å². The molecule has 10 heteroatoms. The van der Waals surface area contributed by atoms with Crippen molar-refractivity contribution < 1.29 is 29.1 Å². The first-order valence-electron chi connectivity index (χ1n) is 10.2. The summed E-state index contributed by atoms with van der Waals surface area (Å²) in [6.45, 7) is 1.64. The molecule has 3 rings (SSSR count). The third-order valence-corrected chi connectivity index (χ3v) is 6.32. The van der Waals surface area contributed by atoms with Gasteiger partial charge in [-0.3, -0.25) is 24.2 Å². The zero-order chi connectivity index (χ0) is 22.5. The van der Waals surface area contributed by atoms with Gasteiger partial charge in [0.25, 0.3) is 5.91 Å². The number of carbonyl (C=O) groups is 5. The molecule has 0 radical (unpaired) electrons. The average molecular weight is 448 g/mol. The third kappa shape index (κ3) is 5.43. The summed E-state index contributed by atoms with van der Waals surface area (Å²) < 4.78 is 0. The van der Waals surface area contributed by atoms with E-state index >= 15 is 0 Å². The molecule has 0 aromatic heterocycles. The van der Waals surface area contributed by atoms with Crippen molar-refractivity contribution in [1.82, 2.24) is 15.3 Å². The zero-order valence-electron chi connectivity index (χ0n) is 17.2. The van der Waals surface area contributed by atoms with E-state index in [4.69, 9.17) is 0 Å². The van der Waals surface area contributed by atoms with Crippen LogP contribution in [0.1, 0.15) is 38.2 Å². The van der Waals surface area contributed by atoms with Gasteiger partial charge >= 0.3 is 5.97 Å². The Morgan fingerprint density at radius 3 is 2.55 bits per heavy atom. The number of hydrazine groups is 1. The van der Waals surface area contributed by atoms with Crippen LogP contribution in [-0.4, -0.2) is 67.8 Å². The van der Waals surface area contributed by atoms with Crippen LogP contribution in [0.4, 0.5) is 0 Å². The second kappa shape index (κ2) is 9.95. The number of hydrogen-bond donors (Lipinski definition) is 2. The molecule has 2 saturated heterocycles. The monoisotopic (exact) mass is 447 g/mol. The van der Waals surface area contributed by atoms with Gasteiger partial charge in [-0.05, 0) is 31.2 Å². The van der Waals surface area contributed by atoms with Crippen LogP contribution in [-0.2, 0) is 30.4 Å². The summed E-state index contributed by atoms with van der Waals surface area (Å²) >= 11 is 0.879. The molecule has 3 amide bonds. The van der Waals surface area contributed by atoms with Gasteiger partial charge in [0.1, 0.15) is 6.04 Å². The fourth-order valence-corrected chi connectivity index (χ4v) is 4.72. The number of rotatable bonds is 6. The van der Waals surface area contributed by atoms with Gasteiger partial charge in [-0.15, -0.1) is 0 Å². The maximum absolute atomic E-state index is 13.2. The molecule has 9 nitrogen and oxygen atoms in total. The molecule has 0 bridgehead atoms. The normalized spacial score (nSPS) is 22.4.